The molecule has 1 N–H and O–H groups in total. The fraction of sp³-hybridized carbons (Fsp3) is 0.750. The molecule has 1 aliphatic heterocycles. The van der Waals surface area contributed by atoms with Crippen molar-refractivity contribution in [2.24, 2.45) is 0 Å². The van der Waals surface area contributed by atoms with Crippen molar-refractivity contribution in [1.82, 2.24) is 15.0 Å². The third kappa shape index (κ3) is 3.91. The zero-order valence-corrected chi connectivity index (χ0v) is 12.0. The van der Waals surface area contributed by atoms with Gasteiger partial charge in [0.1, 0.15) is 0 Å². The van der Waals surface area contributed by atoms with E-state index in [0.717, 1.165) is 19.4 Å². The Labute approximate surface area is 117 Å². The molecule has 0 radical (unpaired) electrons. The highest BCUT2D eigenvalue weighted by molar-refractivity contribution is 6.28. The molecule has 1 saturated heterocycles. The summed E-state index contributed by atoms with van der Waals surface area (Å²) in [4.78, 5) is 14.3. The van der Waals surface area contributed by atoms with Crippen molar-refractivity contribution in [2.45, 2.75) is 38.7 Å². The summed E-state index contributed by atoms with van der Waals surface area (Å²) in [6.45, 7) is 5.69. The molecule has 1 fully saturated rings. The monoisotopic (exact) mass is 286 g/mol. The molecule has 0 saturated carbocycles. The predicted octanol–water partition coefficient (Wildman–Crippen LogP) is 1.66. The van der Waals surface area contributed by atoms with Gasteiger partial charge < -0.3 is 14.7 Å². The molecule has 6 nitrogen and oxygen atoms in total. The molecule has 0 bridgehead atoms. The van der Waals surface area contributed by atoms with Crippen molar-refractivity contribution >= 4 is 17.5 Å². The van der Waals surface area contributed by atoms with Crippen LogP contribution < -0.4 is 9.64 Å². The third-order valence-electron chi connectivity index (χ3n) is 3.20. The molecule has 106 valence electrons. The number of ether oxygens (including phenoxy) is 1. The van der Waals surface area contributed by atoms with Crippen LogP contribution in [0.15, 0.2) is 0 Å². The SMILES string of the molecule is CCOc1nc(Cl)nc(N2CCCC(C)(O)CC2)n1. The first-order valence-corrected chi connectivity index (χ1v) is 6.90. The first-order valence-electron chi connectivity index (χ1n) is 6.52. The quantitative estimate of drug-likeness (QED) is 0.911. The molecule has 1 aromatic heterocycles. The van der Waals surface area contributed by atoms with E-state index in [4.69, 9.17) is 16.3 Å². The van der Waals surface area contributed by atoms with Crippen LogP contribution in [0.3, 0.4) is 0 Å². The van der Waals surface area contributed by atoms with Gasteiger partial charge in [-0.1, -0.05) is 0 Å². The summed E-state index contributed by atoms with van der Waals surface area (Å²) in [6, 6.07) is 0.244. The fourth-order valence-electron chi connectivity index (χ4n) is 2.12. The number of rotatable bonds is 3. The number of hydrogen-bond donors (Lipinski definition) is 1. The van der Waals surface area contributed by atoms with E-state index in [1.165, 1.54) is 0 Å². The number of hydrogen-bond acceptors (Lipinski definition) is 6. The largest absolute Gasteiger partial charge is 0.464 e. The summed E-state index contributed by atoms with van der Waals surface area (Å²) in [5.74, 6) is 0.515. The van der Waals surface area contributed by atoms with Crippen LogP contribution in [0.5, 0.6) is 6.01 Å². The van der Waals surface area contributed by atoms with Gasteiger partial charge in [0, 0.05) is 13.1 Å². The van der Waals surface area contributed by atoms with E-state index >= 15 is 0 Å². The van der Waals surface area contributed by atoms with Gasteiger partial charge in [-0.25, -0.2) is 0 Å². The Morgan fingerprint density at radius 3 is 2.84 bits per heavy atom. The number of aromatic nitrogens is 3. The van der Waals surface area contributed by atoms with E-state index in [2.05, 4.69) is 15.0 Å². The van der Waals surface area contributed by atoms with Crippen molar-refractivity contribution in [3.8, 4) is 6.01 Å². The summed E-state index contributed by atoms with van der Waals surface area (Å²) >= 11 is 5.88. The fourth-order valence-corrected chi connectivity index (χ4v) is 2.27. The maximum atomic E-state index is 10.1. The normalized spacial score (nSPS) is 24.1. The minimum Gasteiger partial charge on any atom is -0.464 e. The van der Waals surface area contributed by atoms with E-state index in [-0.39, 0.29) is 11.3 Å². The first-order chi connectivity index (χ1) is 9.00. The molecule has 0 spiro atoms. The van der Waals surface area contributed by atoms with Gasteiger partial charge >= 0.3 is 6.01 Å². The van der Waals surface area contributed by atoms with Gasteiger partial charge in [0.25, 0.3) is 0 Å². The zero-order chi connectivity index (χ0) is 13.9. The lowest BCUT2D eigenvalue weighted by Crippen LogP contribution is -2.29. The van der Waals surface area contributed by atoms with Gasteiger partial charge in [-0.3, -0.25) is 0 Å². The van der Waals surface area contributed by atoms with Crippen LogP contribution in [-0.4, -0.2) is 45.4 Å². The summed E-state index contributed by atoms with van der Waals surface area (Å²) < 4.78 is 5.27. The predicted molar refractivity (Wildman–Crippen MR) is 72.7 cm³/mol. The molecule has 1 unspecified atom stereocenters. The van der Waals surface area contributed by atoms with E-state index in [1.807, 2.05) is 18.7 Å². The van der Waals surface area contributed by atoms with E-state index in [9.17, 15) is 5.11 Å². The Morgan fingerprint density at radius 1 is 1.32 bits per heavy atom. The smallest absolute Gasteiger partial charge is 0.322 e. The second kappa shape index (κ2) is 5.88. The maximum absolute atomic E-state index is 10.1. The van der Waals surface area contributed by atoms with Crippen LogP contribution in [0.1, 0.15) is 33.1 Å². The number of halogens is 1. The van der Waals surface area contributed by atoms with Crippen LogP contribution >= 0.6 is 11.6 Å². The summed E-state index contributed by atoms with van der Waals surface area (Å²) in [5, 5.41) is 10.2. The van der Waals surface area contributed by atoms with Crippen LogP contribution in [0.4, 0.5) is 5.95 Å². The highest BCUT2D eigenvalue weighted by Gasteiger charge is 2.26. The third-order valence-corrected chi connectivity index (χ3v) is 3.36. The van der Waals surface area contributed by atoms with Gasteiger partial charge in [0.2, 0.25) is 11.2 Å². The minimum atomic E-state index is -0.617. The first kappa shape index (κ1) is 14.3. The van der Waals surface area contributed by atoms with E-state index in [1.54, 1.807) is 0 Å². The van der Waals surface area contributed by atoms with Gasteiger partial charge in [0.05, 0.1) is 12.2 Å². The van der Waals surface area contributed by atoms with E-state index in [0.29, 0.717) is 25.5 Å². The molecule has 0 amide bonds. The Kier molecular flexibility index (Phi) is 4.42. The van der Waals surface area contributed by atoms with Crippen molar-refractivity contribution in [3.63, 3.8) is 0 Å². The molecule has 1 atom stereocenters. The highest BCUT2D eigenvalue weighted by Crippen LogP contribution is 2.24. The number of aliphatic hydroxyl groups is 1. The topological polar surface area (TPSA) is 71.4 Å². The van der Waals surface area contributed by atoms with E-state index < -0.39 is 5.60 Å². The van der Waals surface area contributed by atoms with Gasteiger partial charge in [-0.05, 0) is 44.7 Å². The summed E-state index contributed by atoms with van der Waals surface area (Å²) in [6.07, 6.45) is 2.35. The van der Waals surface area contributed by atoms with Gasteiger partial charge in [-0.15, -0.1) is 0 Å². The molecule has 1 aliphatic rings. The van der Waals surface area contributed by atoms with Crippen molar-refractivity contribution in [2.75, 3.05) is 24.6 Å². The lowest BCUT2D eigenvalue weighted by Gasteiger charge is -2.22. The summed E-state index contributed by atoms with van der Waals surface area (Å²) in [7, 11) is 0. The molecule has 2 heterocycles. The van der Waals surface area contributed by atoms with Crippen LogP contribution in [0, 0.1) is 0 Å². The van der Waals surface area contributed by atoms with Gasteiger partial charge in [0.15, 0.2) is 0 Å². The minimum absolute atomic E-state index is 0.129. The molecule has 2 rings (SSSR count). The maximum Gasteiger partial charge on any atom is 0.322 e. The second-order valence-corrected chi connectivity index (χ2v) is 5.30. The molecule has 0 aliphatic carbocycles. The van der Waals surface area contributed by atoms with Crippen molar-refractivity contribution < 1.29 is 9.84 Å². The summed E-state index contributed by atoms with van der Waals surface area (Å²) in [5.41, 5.74) is -0.617. The Morgan fingerprint density at radius 2 is 2.11 bits per heavy atom. The van der Waals surface area contributed by atoms with Crippen molar-refractivity contribution in [3.05, 3.63) is 5.28 Å². The highest BCUT2D eigenvalue weighted by atomic mass is 35.5. The molecular formula is C12H19ClN4O2. The van der Waals surface area contributed by atoms with Gasteiger partial charge in [-0.2, -0.15) is 15.0 Å². The average Bonchev–Trinajstić information content (AvgIpc) is 2.50. The molecular weight excluding hydrogens is 268 g/mol. The van der Waals surface area contributed by atoms with Crippen LogP contribution in [-0.2, 0) is 0 Å². The number of anilines is 1. The van der Waals surface area contributed by atoms with Crippen LogP contribution in [0.25, 0.3) is 0 Å². The van der Waals surface area contributed by atoms with Crippen molar-refractivity contribution in [1.29, 1.82) is 0 Å². The molecule has 0 aromatic carbocycles. The zero-order valence-electron chi connectivity index (χ0n) is 11.3. The van der Waals surface area contributed by atoms with Crippen LogP contribution in [0.2, 0.25) is 5.28 Å². The lowest BCUT2D eigenvalue weighted by molar-refractivity contribution is 0.0481. The molecule has 19 heavy (non-hydrogen) atoms. The Bertz CT molecular complexity index is 442. The lowest BCUT2D eigenvalue weighted by atomic mass is 9.98. The Hall–Kier alpha value is -1.14. The Balaban J connectivity index is 2.16. The molecule has 7 heteroatoms. The number of nitrogens with zero attached hydrogens (tertiary/aromatic N) is 4. The second-order valence-electron chi connectivity index (χ2n) is 4.96. The standard InChI is InChI=1S/C12H19ClN4O2/c1-3-19-11-15-9(13)14-10(16-11)17-7-4-5-12(2,18)6-8-17/h18H,3-8H2,1-2H3. The molecule has 1 aromatic rings. The average molecular weight is 287 g/mol.